The summed E-state index contributed by atoms with van der Waals surface area (Å²) >= 11 is 7.83. The lowest BCUT2D eigenvalue weighted by molar-refractivity contribution is 0.424. The van der Waals surface area contributed by atoms with Gasteiger partial charge in [-0.2, -0.15) is 16.1 Å². The largest absolute Gasteiger partial charge is 0.326 e. The van der Waals surface area contributed by atoms with Gasteiger partial charge in [-0.25, -0.2) is 8.42 Å². The van der Waals surface area contributed by atoms with Crippen molar-refractivity contribution in [3.05, 3.63) is 28.8 Å². The van der Waals surface area contributed by atoms with E-state index in [1.54, 1.807) is 23.9 Å². The summed E-state index contributed by atoms with van der Waals surface area (Å²) in [5.74, 6) is 0.828. The minimum absolute atomic E-state index is 0.244. The predicted molar refractivity (Wildman–Crippen MR) is 80.0 cm³/mol. The normalized spacial score (nSPS) is 21.5. The van der Waals surface area contributed by atoms with Crippen LogP contribution in [0.5, 0.6) is 0 Å². The number of thioether (sulfide) groups is 1. The van der Waals surface area contributed by atoms with Crippen molar-refractivity contribution in [2.75, 3.05) is 18.8 Å². The minimum Gasteiger partial charge on any atom is -0.326 e. The second-order valence-electron chi connectivity index (χ2n) is 4.50. The molecule has 1 aromatic carbocycles. The minimum atomic E-state index is -3.45. The van der Waals surface area contributed by atoms with E-state index in [2.05, 4.69) is 0 Å². The first-order chi connectivity index (χ1) is 8.95. The summed E-state index contributed by atoms with van der Waals surface area (Å²) in [6.45, 7) is 3.43. The fourth-order valence-corrected chi connectivity index (χ4v) is 5.11. The van der Waals surface area contributed by atoms with Crippen molar-refractivity contribution in [1.29, 1.82) is 0 Å². The molecule has 0 saturated carbocycles. The number of benzene rings is 1. The molecule has 1 unspecified atom stereocenters. The molecule has 0 amide bonds. The van der Waals surface area contributed by atoms with E-state index in [1.807, 2.05) is 6.92 Å². The number of sulfonamides is 1. The Morgan fingerprint density at radius 2 is 2.26 bits per heavy atom. The lowest BCUT2D eigenvalue weighted by Gasteiger charge is -2.29. The molecular formula is C12H17ClN2O2S2. The lowest BCUT2D eigenvalue weighted by Crippen LogP contribution is -2.40. The standard InChI is InChI=1S/C12H17ClN2O2S2/c1-9-8-15(4-5-18-9)19(16,17)11-3-2-10(7-14)12(13)6-11/h2-3,6,9H,4-5,7-8,14H2,1H3. The van der Waals surface area contributed by atoms with Crippen molar-refractivity contribution in [2.24, 2.45) is 5.73 Å². The van der Waals surface area contributed by atoms with Gasteiger partial charge >= 0.3 is 0 Å². The Bertz CT molecular complexity index is 563. The molecule has 1 aliphatic rings. The van der Waals surface area contributed by atoms with Crippen molar-refractivity contribution in [1.82, 2.24) is 4.31 Å². The van der Waals surface area contributed by atoms with Crippen LogP contribution in [0.25, 0.3) is 0 Å². The molecular weight excluding hydrogens is 304 g/mol. The molecule has 4 nitrogen and oxygen atoms in total. The first kappa shape index (κ1) is 15.1. The van der Waals surface area contributed by atoms with Gasteiger partial charge in [-0.15, -0.1) is 0 Å². The van der Waals surface area contributed by atoms with E-state index in [1.165, 1.54) is 10.4 Å². The second-order valence-corrected chi connectivity index (χ2v) is 8.39. The fourth-order valence-electron chi connectivity index (χ4n) is 2.01. The third-order valence-corrected chi connectivity index (χ3v) is 6.44. The van der Waals surface area contributed by atoms with Gasteiger partial charge in [0.25, 0.3) is 0 Å². The van der Waals surface area contributed by atoms with Crippen LogP contribution < -0.4 is 5.73 Å². The Hall–Kier alpha value is -0.270. The van der Waals surface area contributed by atoms with Crippen LogP contribution in [0.4, 0.5) is 0 Å². The number of nitrogens with two attached hydrogens (primary N) is 1. The molecule has 1 fully saturated rings. The van der Waals surface area contributed by atoms with E-state index in [9.17, 15) is 8.42 Å². The maximum atomic E-state index is 12.5. The van der Waals surface area contributed by atoms with Crippen molar-refractivity contribution in [3.63, 3.8) is 0 Å². The van der Waals surface area contributed by atoms with E-state index in [0.29, 0.717) is 29.9 Å². The van der Waals surface area contributed by atoms with Gasteiger partial charge < -0.3 is 5.73 Å². The summed E-state index contributed by atoms with van der Waals surface area (Å²) in [5, 5.41) is 0.727. The highest BCUT2D eigenvalue weighted by Crippen LogP contribution is 2.26. The van der Waals surface area contributed by atoms with Gasteiger partial charge in [0.2, 0.25) is 10.0 Å². The molecule has 0 spiro atoms. The number of halogens is 1. The van der Waals surface area contributed by atoms with Gasteiger partial charge in [0.15, 0.2) is 0 Å². The van der Waals surface area contributed by atoms with Crippen molar-refractivity contribution < 1.29 is 8.42 Å². The zero-order chi connectivity index (χ0) is 14.0. The summed E-state index contributed by atoms with van der Waals surface area (Å²) in [7, 11) is -3.45. The van der Waals surface area contributed by atoms with Gasteiger partial charge in [0, 0.05) is 35.7 Å². The average Bonchev–Trinajstić information content (AvgIpc) is 2.38. The molecule has 19 heavy (non-hydrogen) atoms. The van der Waals surface area contributed by atoms with Crippen molar-refractivity contribution in [3.8, 4) is 0 Å². The molecule has 1 saturated heterocycles. The van der Waals surface area contributed by atoms with Crippen LogP contribution >= 0.6 is 23.4 Å². The van der Waals surface area contributed by atoms with Crippen LogP contribution in [-0.2, 0) is 16.6 Å². The molecule has 2 N–H and O–H groups in total. The van der Waals surface area contributed by atoms with Crippen LogP contribution in [0, 0.1) is 0 Å². The highest BCUT2D eigenvalue weighted by atomic mass is 35.5. The van der Waals surface area contributed by atoms with E-state index in [0.717, 1.165) is 11.3 Å². The maximum absolute atomic E-state index is 12.5. The fraction of sp³-hybridized carbons (Fsp3) is 0.500. The molecule has 0 bridgehead atoms. The molecule has 0 radical (unpaired) electrons. The number of nitrogens with zero attached hydrogens (tertiary/aromatic N) is 1. The van der Waals surface area contributed by atoms with Crippen LogP contribution in [0.2, 0.25) is 5.02 Å². The van der Waals surface area contributed by atoms with Gasteiger partial charge in [-0.3, -0.25) is 0 Å². The summed E-state index contributed by atoms with van der Waals surface area (Å²) in [6.07, 6.45) is 0. The summed E-state index contributed by atoms with van der Waals surface area (Å²) in [5.41, 5.74) is 6.28. The Kier molecular flexibility index (Phi) is 4.79. The van der Waals surface area contributed by atoms with Crippen LogP contribution in [-0.4, -0.2) is 36.8 Å². The second kappa shape index (κ2) is 6.01. The quantitative estimate of drug-likeness (QED) is 0.924. The molecule has 0 aromatic heterocycles. The molecule has 0 aliphatic carbocycles. The first-order valence-corrected chi connectivity index (χ1v) is 8.92. The zero-order valence-electron chi connectivity index (χ0n) is 10.7. The third-order valence-electron chi connectivity index (χ3n) is 3.09. The van der Waals surface area contributed by atoms with Crippen molar-refractivity contribution >= 4 is 33.4 Å². The Labute approximate surface area is 123 Å². The van der Waals surface area contributed by atoms with Crippen molar-refractivity contribution in [2.45, 2.75) is 23.6 Å². The molecule has 2 rings (SSSR count). The number of hydrogen-bond donors (Lipinski definition) is 1. The molecule has 106 valence electrons. The summed E-state index contributed by atoms with van der Waals surface area (Å²) in [4.78, 5) is 0.244. The molecule has 1 atom stereocenters. The van der Waals surface area contributed by atoms with E-state index >= 15 is 0 Å². The van der Waals surface area contributed by atoms with Gasteiger partial charge in [0.05, 0.1) is 4.90 Å². The molecule has 1 heterocycles. The topological polar surface area (TPSA) is 63.4 Å². The summed E-state index contributed by atoms with van der Waals surface area (Å²) in [6, 6.07) is 4.75. The Morgan fingerprint density at radius 3 is 2.84 bits per heavy atom. The van der Waals surface area contributed by atoms with Crippen LogP contribution in [0.1, 0.15) is 12.5 Å². The van der Waals surface area contributed by atoms with Crippen LogP contribution in [0.3, 0.4) is 0 Å². The molecule has 1 aliphatic heterocycles. The first-order valence-electron chi connectivity index (χ1n) is 6.05. The molecule has 7 heteroatoms. The van der Waals surface area contributed by atoms with Crippen LogP contribution in [0.15, 0.2) is 23.1 Å². The third kappa shape index (κ3) is 3.25. The van der Waals surface area contributed by atoms with E-state index in [4.69, 9.17) is 17.3 Å². The summed E-state index contributed by atoms with van der Waals surface area (Å²) < 4.78 is 26.6. The predicted octanol–water partition coefficient (Wildman–Crippen LogP) is 1.92. The van der Waals surface area contributed by atoms with Gasteiger partial charge in [-0.05, 0) is 17.7 Å². The Balaban J connectivity index is 2.31. The monoisotopic (exact) mass is 320 g/mol. The Morgan fingerprint density at radius 1 is 1.53 bits per heavy atom. The van der Waals surface area contributed by atoms with Gasteiger partial charge in [0.1, 0.15) is 0 Å². The highest BCUT2D eigenvalue weighted by Gasteiger charge is 2.29. The zero-order valence-corrected chi connectivity index (χ0v) is 13.1. The number of hydrogen-bond acceptors (Lipinski definition) is 4. The number of rotatable bonds is 3. The molecule has 1 aromatic rings. The lowest BCUT2D eigenvalue weighted by atomic mass is 10.2. The van der Waals surface area contributed by atoms with E-state index in [-0.39, 0.29) is 4.90 Å². The highest BCUT2D eigenvalue weighted by molar-refractivity contribution is 8.00. The van der Waals surface area contributed by atoms with Gasteiger partial charge in [-0.1, -0.05) is 24.6 Å². The maximum Gasteiger partial charge on any atom is 0.243 e. The average molecular weight is 321 g/mol. The smallest absolute Gasteiger partial charge is 0.243 e. The van der Waals surface area contributed by atoms with E-state index < -0.39 is 10.0 Å². The SMILES string of the molecule is CC1CN(S(=O)(=O)c2ccc(CN)c(Cl)c2)CCS1.